The number of carboxylic acids is 1. The fourth-order valence-corrected chi connectivity index (χ4v) is 8.62. The van der Waals surface area contributed by atoms with Crippen LogP contribution in [0.3, 0.4) is 0 Å². The van der Waals surface area contributed by atoms with E-state index in [2.05, 4.69) is 42.0 Å². The minimum absolute atomic E-state index is 0.0681. The summed E-state index contributed by atoms with van der Waals surface area (Å²) in [6.45, 7) is 15.6. The summed E-state index contributed by atoms with van der Waals surface area (Å²) in [5, 5.41) is 13.4. The molecule has 2 bridgehead atoms. The summed E-state index contributed by atoms with van der Waals surface area (Å²) in [5.74, 6) is -0.609. The maximum Gasteiger partial charge on any atom is 0.482 e. The Labute approximate surface area is 289 Å². The molecule has 5 aliphatic rings. The number of carbonyl (C=O) groups excluding carboxylic acids is 1. The van der Waals surface area contributed by atoms with Gasteiger partial charge in [0.15, 0.2) is 0 Å². The molecule has 0 spiro atoms. The van der Waals surface area contributed by atoms with E-state index >= 15 is 0 Å². The van der Waals surface area contributed by atoms with Crippen molar-refractivity contribution in [3.8, 4) is 5.75 Å². The number of hydrogen-bond donors (Lipinski definition) is 2. The summed E-state index contributed by atoms with van der Waals surface area (Å²) >= 11 is 0. The van der Waals surface area contributed by atoms with Crippen molar-refractivity contribution in [2.75, 3.05) is 6.61 Å². The number of para-hydroxylation sites is 1. The van der Waals surface area contributed by atoms with Crippen LogP contribution in [0.15, 0.2) is 60.9 Å². The second-order valence-electron chi connectivity index (χ2n) is 16.6. The maximum absolute atomic E-state index is 14.1. The van der Waals surface area contributed by atoms with Gasteiger partial charge >= 0.3 is 13.1 Å². The van der Waals surface area contributed by atoms with E-state index in [-0.39, 0.29) is 34.8 Å². The largest absolute Gasteiger partial charge is 0.492 e. The van der Waals surface area contributed by atoms with Gasteiger partial charge < -0.3 is 24.5 Å². The first-order chi connectivity index (χ1) is 23.2. The van der Waals surface area contributed by atoms with Crippen LogP contribution in [-0.4, -0.2) is 58.2 Å². The Bertz CT molecular complexity index is 1740. The van der Waals surface area contributed by atoms with Crippen LogP contribution in [0.2, 0.25) is 0 Å². The molecule has 1 saturated heterocycles. The van der Waals surface area contributed by atoms with Crippen LogP contribution in [0.4, 0.5) is 0 Å². The fraction of sp³-hybridized carbons (Fsp3) is 0.513. The van der Waals surface area contributed by atoms with Gasteiger partial charge in [-0.15, -0.1) is 0 Å². The molecule has 1 amide bonds. The minimum Gasteiger partial charge on any atom is -0.492 e. The fourth-order valence-electron chi connectivity index (χ4n) is 8.62. The first kappa shape index (κ1) is 33.8. The van der Waals surface area contributed by atoms with Crippen molar-refractivity contribution in [3.63, 3.8) is 0 Å². The standard InChI is InChI=1S/C39H48BN3O6/c1-37(2,3)23-47-34-25(10-7-11-30(34)36(45)46)16-33(40-48-32-18-29-17-31(38(29,4)5)39(32,6)49-40)42-35(44)26-12-13-27-21-43(22-28(27)15-26)20-24-9-8-14-41-19-24/h7-15,19,29,31-33H,16-18,20-23H2,1-6H3,(H,42,44)(H,45,46)/t29?,31?,32?,33-,39?/m0/s1. The number of nitrogens with one attached hydrogen (secondary N) is 1. The van der Waals surface area contributed by atoms with Gasteiger partial charge in [-0.2, -0.15) is 0 Å². The van der Waals surface area contributed by atoms with Crippen molar-refractivity contribution in [2.24, 2.45) is 22.7 Å². The van der Waals surface area contributed by atoms with Gasteiger partial charge in [-0.25, -0.2) is 4.79 Å². The average Bonchev–Trinajstić information content (AvgIpc) is 3.62. The Balaban J connectivity index is 1.15. The predicted molar refractivity (Wildman–Crippen MR) is 187 cm³/mol. The zero-order valence-corrected chi connectivity index (χ0v) is 29.5. The molecule has 0 radical (unpaired) electrons. The van der Waals surface area contributed by atoms with Crippen molar-refractivity contribution in [2.45, 2.75) is 98.1 Å². The molecule has 1 aromatic heterocycles. The van der Waals surface area contributed by atoms with Gasteiger partial charge in [0.05, 0.1) is 24.3 Å². The summed E-state index contributed by atoms with van der Waals surface area (Å²) in [4.78, 5) is 33.0. The van der Waals surface area contributed by atoms with Crippen LogP contribution in [-0.2, 0) is 35.4 Å². The highest BCUT2D eigenvalue weighted by molar-refractivity contribution is 6.48. The molecule has 9 nitrogen and oxygen atoms in total. The molecule has 2 N–H and O–H groups in total. The third kappa shape index (κ3) is 6.51. The van der Waals surface area contributed by atoms with E-state index in [0.29, 0.717) is 35.3 Å². The van der Waals surface area contributed by atoms with Crippen molar-refractivity contribution in [3.05, 3.63) is 94.3 Å². The van der Waals surface area contributed by atoms with Gasteiger partial charge in [0.25, 0.3) is 5.91 Å². The molecule has 3 heterocycles. The third-order valence-electron chi connectivity index (χ3n) is 11.4. The SMILES string of the molecule is CC(C)(C)COc1c(C[C@H](NC(=O)c2ccc3c(c2)CN(Cc2cccnc2)C3)B2OC3CC4CC(C4(C)C)C3(C)O2)cccc1C(=O)O. The maximum atomic E-state index is 14.1. The molecule has 5 atom stereocenters. The number of hydrogen-bond acceptors (Lipinski definition) is 7. The lowest BCUT2D eigenvalue weighted by Crippen LogP contribution is -2.65. The lowest BCUT2D eigenvalue weighted by atomic mass is 9.43. The zero-order valence-electron chi connectivity index (χ0n) is 29.5. The van der Waals surface area contributed by atoms with Crippen molar-refractivity contribution in [1.82, 2.24) is 15.2 Å². The van der Waals surface area contributed by atoms with Gasteiger partial charge in [-0.1, -0.05) is 58.9 Å². The average molecular weight is 666 g/mol. The van der Waals surface area contributed by atoms with Crippen LogP contribution in [0.1, 0.15) is 97.4 Å². The Kier molecular flexibility index (Phi) is 8.65. The number of nitrogens with zero attached hydrogens (tertiary/aromatic N) is 2. The summed E-state index contributed by atoms with van der Waals surface area (Å²) < 4.78 is 19.8. The van der Waals surface area contributed by atoms with Gasteiger partial charge in [0, 0.05) is 37.6 Å². The van der Waals surface area contributed by atoms with E-state index < -0.39 is 24.6 Å². The molecule has 4 fully saturated rings. The highest BCUT2D eigenvalue weighted by Crippen LogP contribution is 2.65. The number of benzene rings is 2. The number of pyridine rings is 1. The summed E-state index contributed by atoms with van der Waals surface area (Å²) in [7, 11) is -0.706. The lowest BCUT2D eigenvalue weighted by Gasteiger charge is -2.64. The Morgan fingerprint density at radius 2 is 1.90 bits per heavy atom. The second-order valence-corrected chi connectivity index (χ2v) is 16.6. The Morgan fingerprint density at radius 3 is 2.61 bits per heavy atom. The zero-order chi connectivity index (χ0) is 34.7. The number of amides is 1. The second kappa shape index (κ2) is 12.6. The molecule has 258 valence electrons. The molecule has 10 heteroatoms. The predicted octanol–water partition coefficient (Wildman–Crippen LogP) is 6.33. The molecule has 3 aliphatic carbocycles. The molecule has 49 heavy (non-hydrogen) atoms. The molecule has 3 aromatic rings. The monoisotopic (exact) mass is 665 g/mol. The van der Waals surface area contributed by atoms with E-state index in [1.54, 1.807) is 18.3 Å². The minimum atomic E-state index is -1.06. The molecular weight excluding hydrogens is 617 g/mol. The van der Waals surface area contributed by atoms with Gasteiger partial charge in [-0.3, -0.25) is 14.7 Å². The third-order valence-corrected chi connectivity index (χ3v) is 11.4. The van der Waals surface area contributed by atoms with Crippen LogP contribution in [0.5, 0.6) is 5.75 Å². The van der Waals surface area contributed by atoms with E-state index in [9.17, 15) is 14.7 Å². The normalized spacial score (nSPS) is 26.0. The highest BCUT2D eigenvalue weighted by atomic mass is 16.7. The van der Waals surface area contributed by atoms with E-state index in [4.69, 9.17) is 14.0 Å². The first-order valence-corrected chi connectivity index (χ1v) is 17.6. The number of fused-ring (bicyclic) bond motifs is 1. The van der Waals surface area contributed by atoms with E-state index in [0.717, 1.165) is 43.6 Å². The van der Waals surface area contributed by atoms with Gasteiger partial charge in [-0.05, 0) is 95.4 Å². The molecule has 2 aromatic carbocycles. The molecule has 2 aliphatic heterocycles. The smallest absolute Gasteiger partial charge is 0.482 e. The summed E-state index contributed by atoms with van der Waals surface area (Å²) in [6, 6.07) is 15.1. The van der Waals surface area contributed by atoms with Crippen molar-refractivity contribution < 1.29 is 28.7 Å². The molecule has 8 rings (SSSR count). The summed E-state index contributed by atoms with van der Waals surface area (Å²) in [5.41, 5.74) is 4.36. The topological polar surface area (TPSA) is 110 Å². The van der Waals surface area contributed by atoms with Crippen LogP contribution in [0, 0.1) is 22.7 Å². The van der Waals surface area contributed by atoms with Crippen molar-refractivity contribution >= 4 is 19.0 Å². The Hall–Kier alpha value is -3.73. The first-order valence-electron chi connectivity index (χ1n) is 17.6. The van der Waals surface area contributed by atoms with Gasteiger partial charge in [0.2, 0.25) is 0 Å². The summed E-state index contributed by atoms with van der Waals surface area (Å²) in [6.07, 6.45) is 5.92. The van der Waals surface area contributed by atoms with Crippen LogP contribution >= 0.6 is 0 Å². The molecule has 3 saturated carbocycles. The quantitative estimate of drug-likeness (QED) is 0.242. The number of ether oxygens (including phenoxy) is 1. The van der Waals surface area contributed by atoms with Crippen molar-refractivity contribution in [1.29, 1.82) is 0 Å². The lowest BCUT2D eigenvalue weighted by molar-refractivity contribution is -0.199. The van der Waals surface area contributed by atoms with E-state index in [1.807, 2.05) is 57.3 Å². The highest BCUT2D eigenvalue weighted by Gasteiger charge is 2.68. The molecule has 4 unspecified atom stereocenters. The number of carbonyl (C=O) groups is 2. The van der Waals surface area contributed by atoms with E-state index in [1.165, 1.54) is 5.56 Å². The number of rotatable bonds is 10. The Morgan fingerprint density at radius 1 is 1.10 bits per heavy atom. The molecular formula is C39H48BN3O6. The number of aromatic carboxylic acids is 1. The number of aromatic nitrogens is 1. The van der Waals surface area contributed by atoms with Gasteiger partial charge in [0.1, 0.15) is 11.3 Å². The number of carboxylic acid groups (broad SMARTS) is 1. The van der Waals surface area contributed by atoms with Crippen LogP contribution < -0.4 is 10.1 Å². The van der Waals surface area contributed by atoms with Crippen LogP contribution in [0.25, 0.3) is 0 Å².